The minimum Gasteiger partial charge on any atom is -0.296 e. The van der Waals surface area contributed by atoms with Crippen molar-refractivity contribution < 1.29 is 0 Å². The summed E-state index contributed by atoms with van der Waals surface area (Å²) in [4.78, 5) is 28.4. The Kier molecular flexibility index (Phi) is 5.37. The summed E-state index contributed by atoms with van der Waals surface area (Å²) in [5.41, 5.74) is 6.07. The van der Waals surface area contributed by atoms with E-state index < -0.39 is 0 Å². The van der Waals surface area contributed by atoms with Gasteiger partial charge in [-0.25, -0.2) is 15.0 Å². The Bertz CT molecular complexity index is 1830. The number of aryl methyl sites for hydroxylation is 3. The van der Waals surface area contributed by atoms with Gasteiger partial charge in [0.25, 0.3) is 5.56 Å². The molecule has 3 aromatic heterocycles. The van der Waals surface area contributed by atoms with Crippen molar-refractivity contribution in [3.8, 4) is 0 Å². The molecule has 0 amide bonds. The summed E-state index contributed by atoms with van der Waals surface area (Å²) >= 11 is 0. The number of hydrogen-bond donors (Lipinski definition) is 0. The van der Waals surface area contributed by atoms with Gasteiger partial charge < -0.3 is 0 Å². The lowest BCUT2D eigenvalue weighted by atomic mass is 10.1. The lowest BCUT2D eigenvalue weighted by Gasteiger charge is -2.10. The van der Waals surface area contributed by atoms with Crippen LogP contribution < -0.4 is 5.56 Å². The normalized spacial score (nSPS) is 11.8. The maximum atomic E-state index is 13.9. The Labute approximate surface area is 207 Å². The lowest BCUT2D eigenvalue weighted by Crippen LogP contribution is -2.25. The average Bonchev–Trinajstić information content (AvgIpc) is 3.19. The molecule has 7 nitrogen and oxygen atoms in total. The molecule has 0 fully saturated rings. The minimum absolute atomic E-state index is 0.132. The first kappa shape index (κ1) is 21.9. The van der Waals surface area contributed by atoms with E-state index >= 15 is 0 Å². The maximum absolute atomic E-state index is 13.9. The molecule has 3 aromatic carbocycles. The van der Waals surface area contributed by atoms with Crippen LogP contribution in [-0.2, 0) is 13.0 Å². The monoisotopic (exact) mass is 472 g/mol. The topological polar surface area (TPSA) is 78.0 Å². The quantitative estimate of drug-likeness (QED) is 0.330. The molecule has 0 aliphatic carbocycles. The molecule has 0 radical (unpaired) electrons. The molecule has 176 valence electrons. The molecule has 0 aliphatic rings. The zero-order valence-corrected chi connectivity index (χ0v) is 20.1. The first-order valence-corrected chi connectivity index (χ1v) is 11.9. The first-order valence-electron chi connectivity index (χ1n) is 11.9. The number of aromatic nitrogens is 5. The molecular formula is C29H24N6O. The van der Waals surface area contributed by atoms with E-state index in [2.05, 4.69) is 12.1 Å². The van der Waals surface area contributed by atoms with Crippen LogP contribution in [-0.4, -0.2) is 30.4 Å². The van der Waals surface area contributed by atoms with Gasteiger partial charge in [-0.2, -0.15) is 9.78 Å². The first-order chi connectivity index (χ1) is 17.6. The van der Waals surface area contributed by atoms with E-state index in [1.165, 1.54) is 5.56 Å². The van der Waals surface area contributed by atoms with Crippen molar-refractivity contribution in [1.29, 1.82) is 0 Å². The van der Waals surface area contributed by atoms with Gasteiger partial charge in [-0.05, 0) is 49.1 Å². The van der Waals surface area contributed by atoms with Crippen molar-refractivity contribution in [2.45, 2.75) is 26.8 Å². The van der Waals surface area contributed by atoms with E-state index in [0.29, 0.717) is 34.6 Å². The average molecular weight is 473 g/mol. The molecular weight excluding hydrogens is 448 g/mol. The number of para-hydroxylation sites is 2. The van der Waals surface area contributed by atoms with Gasteiger partial charge >= 0.3 is 0 Å². The van der Waals surface area contributed by atoms with Gasteiger partial charge in [0.1, 0.15) is 16.7 Å². The van der Waals surface area contributed by atoms with Crippen LogP contribution >= 0.6 is 0 Å². The van der Waals surface area contributed by atoms with Gasteiger partial charge in [-0.15, -0.1) is 0 Å². The predicted octanol–water partition coefficient (Wildman–Crippen LogP) is 5.04. The van der Waals surface area contributed by atoms with Crippen LogP contribution in [0.4, 0.5) is 0 Å². The largest absolute Gasteiger partial charge is 0.296 e. The van der Waals surface area contributed by atoms with Gasteiger partial charge in [-0.1, -0.05) is 66.7 Å². The van der Waals surface area contributed by atoms with Crippen LogP contribution in [0.1, 0.15) is 22.5 Å². The van der Waals surface area contributed by atoms with Crippen LogP contribution in [0.5, 0.6) is 0 Å². The lowest BCUT2D eigenvalue weighted by molar-refractivity contribution is 0.636. The Morgan fingerprint density at radius 2 is 1.50 bits per heavy atom. The van der Waals surface area contributed by atoms with Crippen molar-refractivity contribution in [3.05, 3.63) is 112 Å². The Morgan fingerprint density at radius 3 is 2.28 bits per heavy atom. The minimum atomic E-state index is -0.132. The molecule has 7 heteroatoms. The Balaban J connectivity index is 1.59. The van der Waals surface area contributed by atoms with E-state index in [4.69, 9.17) is 20.1 Å². The summed E-state index contributed by atoms with van der Waals surface area (Å²) in [7, 11) is 0. The number of fused-ring (bicyclic) bond motifs is 4. The summed E-state index contributed by atoms with van der Waals surface area (Å²) in [5, 5.41) is 5.18. The molecule has 0 atom stereocenters. The standard InChI is InChI=1S/C29H24N6O/c1-19-10-6-7-13-22(19)18-30-35-27-25(26-28(35)33-24-15-9-8-14-23(24)32-26)29(36)34(20(2)31-27)17-16-21-11-4-3-5-12-21/h3-15,18H,16-17H2,1-2H3/b30-18-. The summed E-state index contributed by atoms with van der Waals surface area (Å²) in [6.07, 6.45) is 2.51. The molecule has 0 unspecified atom stereocenters. The van der Waals surface area contributed by atoms with E-state index in [1.807, 2.05) is 80.6 Å². The Hall–Kier alpha value is -4.65. The van der Waals surface area contributed by atoms with E-state index in [1.54, 1.807) is 15.5 Å². The summed E-state index contributed by atoms with van der Waals surface area (Å²) in [5.74, 6) is 0.628. The molecule has 0 saturated carbocycles. The number of benzene rings is 3. The third-order valence-electron chi connectivity index (χ3n) is 6.50. The molecule has 6 rings (SSSR count). The molecule has 0 spiro atoms. The molecule has 3 heterocycles. The predicted molar refractivity (Wildman–Crippen MR) is 144 cm³/mol. The second-order valence-corrected chi connectivity index (χ2v) is 8.85. The number of nitrogens with zero attached hydrogens (tertiary/aromatic N) is 6. The van der Waals surface area contributed by atoms with E-state index in [-0.39, 0.29) is 5.56 Å². The van der Waals surface area contributed by atoms with Gasteiger partial charge in [0.2, 0.25) is 0 Å². The van der Waals surface area contributed by atoms with Crippen LogP contribution in [0.2, 0.25) is 0 Å². The highest BCUT2D eigenvalue weighted by Gasteiger charge is 2.21. The van der Waals surface area contributed by atoms with E-state index in [0.717, 1.165) is 28.6 Å². The fourth-order valence-electron chi connectivity index (χ4n) is 4.52. The number of rotatable bonds is 5. The fraction of sp³-hybridized carbons (Fsp3) is 0.138. The van der Waals surface area contributed by atoms with Gasteiger partial charge in [0.15, 0.2) is 11.3 Å². The molecule has 0 N–H and O–H groups in total. The van der Waals surface area contributed by atoms with E-state index in [9.17, 15) is 4.79 Å². The summed E-state index contributed by atoms with van der Waals surface area (Å²) in [6, 6.07) is 25.8. The highest BCUT2D eigenvalue weighted by Crippen LogP contribution is 2.25. The second-order valence-electron chi connectivity index (χ2n) is 8.85. The van der Waals surface area contributed by atoms with Crippen LogP contribution in [0, 0.1) is 13.8 Å². The van der Waals surface area contributed by atoms with Gasteiger partial charge in [0, 0.05) is 6.54 Å². The fourth-order valence-corrected chi connectivity index (χ4v) is 4.52. The van der Waals surface area contributed by atoms with Crippen molar-refractivity contribution in [1.82, 2.24) is 24.2 Å². The summed E-state index contributed by atoms with van der Waals surface area (Å²) < 4.78 is 3.37. The Morgan fingerprint density at radius 1 is 0.806 bits per heavy atom. The zero-order valence-electron chi connectivity index (χ0n) is 20.1. The molecule has 6 aromatic rings. The van der Waals surface area contributed by atoms with Crippen molar-refractivity contribution in [3.63, 3.8) is 0 Å². The van der Waals surface area contributed by atoms with Crippen LogP contribution in [0.15, 0.2) is 88.8 Å². The highest BCUT2D eigenvalue weighted by molar-refractivity contribution is 6.05. The smallest absolute Gasteiger partial charge is 0.265 e. The van der Waals surface area contributed by atoms with Crippen LogP contribution in [0.25, 0.3) is 33.2 Å². The van der Waals surface area contributed by atoms with Crippen molar-refractivity contribution in [2.24, 2.45) is 5.10 Å². The third kappa shape index (κ3) is 3.75. The number of hydrogen-bond acceptors (Lipinski definition) is 5. The third-order valence-corrected chi connectivity index (χ3v) is 6.50. The molecule has 36 heavy (non-hydrogen) atoms. The SMILES string of the molecule is Cc1ccccc1/C=N\n1c2nc3ccccc3nc2c2c(=O)n(CCc3ccccc3)c(C)nc21. The van der Waals surface area contributed by atoms with Crippen molar-refractivity contribution in [2.75, 3.05) is 0 Å². The zero-order chi connectivity index (χ0) is 24.6. The van der Waals surface area contributed by atoms with Gasteiger partial charge in [-0.3, -0.25) is 9.36 Å². The molecule has 0 saturated heterocycles. The second kappa shape index (κ2) is 8.85. The maximum Gasteiger partial charge on any atom is 0.265 e. The molecule has 0 bridgehead atoms. The van der Waals surface area contributed by atoms with Crippen molar-refractivity contribution >= 4 is 39.4 Å². The van der Waals surface area contributed by atoms with Gasteiger partial charge in [0.05, 0.1) is 17.2 Å². The highest BCUT2D eigenvalue weighted by atomic mass is 16.1. The summed E-state index contributed by atoms with van der Waals surface area (Å²) in [6.45, 7) is 4.42. The molecule has 0 aliphatic heterocycles. The van der Waals surface area contributed by atoms with Crippen LogP contribution in [0.3, 0.4) is 0 Å².